The van der Waals surface area contributed by atoms with Crippen molar-refractivity contribution in [3.05, 3.63) is 139 Å². The zero-order valence-corrected chi connectivity index (χ0v) is 24.8. The van der Waals surface area contributed by atoms with Crippen LogP contribution in [0.5, 0.6) is 0 Å². The lowest BCUT2D eigenvalue weighted by Gasteiger charge is -2.37. The van der Waals surface area contributed by atoms with E-state index in [1.807, 2.05) is 11.3 Å². The molecule has 1 spiro atoms. The average molecular weight is 570 g/mol. The Labute approximate surface area is 256 Å². The summed E-state index contributed by atoms with van der Waals surface area (Å²) in [6.07, 6.45) is 5.44. The molecular formula is C41H31NS. The second-order valence-corrected chi connectivity index (χ2v) is 14.0. The van der Waals surface area contributed by atoms with Crippen molar-refractivity contribution in [3.8, 4) is 11.1 Å². The Hall–Kier alpha value is -4.40. The first kappa shape index (κ1) is 24.1. The first-order valence-electron chi connectivity index (χ1n) is 15.7. The highest BCUT2D eigenvalue weighted by Gasteiger charge is 2.57. The van der Waals surface area contributed by atoms with Gasteiger partial charge in [-0.15, -0.1) is 11.3 Å². The molecule has 43 heavy (non-hydrogen) atoms. The van der Waals surface area contributed by atoms with E-state index in [2.05, 4.69) is 132 Å². The molecule has 1 aromatic heterocycles. The average Bonchev–Trinajstić information content (AvgIpc) is 3.83. The summed E-state index contributed by atoms with van der Waals surface area (Å²) >= 11 is 1.90. The molecule has 1 heterocycles. The highest BCUT2D eigenvalue weighted by atomic mass is 32.1. The van der Waals surface area contributed by atoms with Crippen LogP contribution in [0, 0.1) is 11.8 Å². The van der Waals surface area contributed by atoms with Crippen molar-refractivity contribution in [1.29, 1.82) is 0 Å². The molecule has 6 aromatic carbocycles. The Morgan fingerprint density at radius 3 is 2.26 bits per heavy atom. The summed E-state index contributed by atoms with van der Waals surface area (Å²) in [6.45, 7) is 0. The fourth-order valence-corrected chi connectivity index (χ4v) is 10.4. The summed E-state index contributed by atoms with van der Waals surface area (Å²) in [6, 6.07) is 48.1. The quantitative estimate of drug-likeness (QED) is 0.205. The van der Waals surface area contributed by atoms with Crippen LogP contribution in [-0.4, -0.2) is 0 Å². The second kappa shape index (κ2) is 8.81. The van der Waals surface area contributed by atoms with Crippen molar-refractivity contribution in [1.82, 2.24) is 0 Å². The molecule has 2 heteroatoms. The van der Waals surface area contributed by atoms with Gasteiger partial charge in [0.15, 0.2) is 0 Å². The van der Waals surface area contributed by atoms with Crippen LogP contribution >= 0.6 is 11.3 Å². The van der Waals surface area contributed by atoms with Crippen LogP contribution in [0.1, 0.15) is 36.8 Å². The van der Waals surface area contributed by atoms with Crippen molar-refractivity contribution in [2.24, 2.45) is 11.8 Å². The molecule has 2 bridgehead atoms. The molecular weight excluding hydrogens is 539 g/mol. The second-order valence-electron chi connectivity index (χ2n) is 12.9. The summed E-state index contributed by atoms with van der Waals surface area (Å²) in [5.41, 5.74) is 9.91. The van der Waals surface area contributed by atoms with E-state index < -0.39 is 0 Å². The zero-order chi connectivity index (χ0) is 28.1. The lowest BCUT2D eigenvalue weighted by Crippen LogP contribution is -2.31. The molecule has 206 valence electrons. The highest BCUT2D eigenvalue weighted by Crippen LogP contribution is 2.67. The van der Waals surface area contributed by atoms with Crippen molar-refractivity contribution in [2.45, 2.75) is 31.1 Å². The van der Waals surface area contributed by atoms with Gasteiger partial charge in [0.05, 0.1) is 11.4 Å². The van der Waals surface area contributed by atoms with E-state index >= 15 is 0 Å². The van der Waals surface area contributed by atoms with Gasteiger partial charge in [-0.1, -0.05) is 103 Å². The van der Waals surface area contributed by atoms with Gasteiger partial charge in [-0.25, -0.2) is 0 Å². The van der Waals surface area contributed by atoms with Gasteiger partial charge in [-0.2, -0.15) is 0 Å². The molecule has 2 saturated carbocycles. The van der Waals surface area contributed by atoms with Gasteiger partial charge >= 0.3 is 0 Å². The SMILES string of the molecule is c1ccc2c(c1)-c1c(N(c3ccc4c(c3)sc3ccccc34)c3cccc4ccccc34)cccc1C21CC2CCC1C2. The van der Waals surface area contributed by atoms with Crippen molar-refractivity contribution < 1.29 is 0 Å². The standard InChI is InChI=1S/C41H31NS/c1-2-11-30-27(9-1)10-7-16-36(30)42(29-21-22-32-31-12-4-6-18-38(31)43-39(32)24-29)37-17-8-15-35-40(37)33-13-3-5-14-34(33)41(35)25-26-19-20-28(41)23-26/h1-18,21-22,24,26,28H,19-20,23,25H2. The molecule has 1 nitrogen and oxygen atoms in total. The summed E-state index contributed by atoms with van der Waals surface area (Å²) in [5.74, 6) is 1.60. The maximum Gasteiger partial charge on any atom is 0.0543 e. The number of hydrogen-bond acceptors (Lipinski definition) is 2. The molecule has 0 N–H and O–H groups in total. The van der Waals surface area contributed by atoms with Crippen LogP contribution in [-0.2, 0) is 5.41 Å². The van der Waals surface area contributed by atoms with Gasteiger partial charge in [0.2, 0.25) is 0 Å². The Balaban J connectivity index is 1.28. The number of fused-ring (bicyclic) bond motifs is 12. The van der Waals surface area contributed by atoms with Gasteiger partial charge in [-0.05, 0) is 83.5 Å². The number of hydrogen-bond donors (Lipinski definition) is 0. The monoisotopic (exact) mass is 569 g/mol. The topological polar surface area (TPSA) is 3.24 Å². The third-order valence-electron chi connectivity index (χ3n) is 10.9. The van der Waals surface area contributed by atoms with E-state index in [1.165, 1.54) is 84.8 Å². The molecule has 0 radical (unpaired) electrons. The van der Waals surface area contributed by atoms with E-state index in [0.717, 1.165) is 11.8 Å². The molecule has 3 atom stereocenters. The van der Waals surface area contributed by atoms with Crippen LogP contribution in [0.2, 0.25) is 0 Å². The first-order valence-corrected chi connectivity index (χ1v) is 16.5. The Kier molecular flexibility index (Phi) is 4.94. The third-order valence-corrected chi connectivity index (χ3v) is 12.1. The number of rotatable bonds is 3. The fourth-order valence-electron chi connectivity index (χ4n) is 9.27. The third kappa shape index (κ3) is 3.22. The van der Waals surface area contributed by atoms with Crippen molar-refractivity contribution in [2.75, 3.05) is 4.90 Å². The number of thiophene rings is 1. The molecule has 3 aliphatic carbocycles. The summed E-state index contributed by atoms with van der Waals surface area (Å²) in [4.78, 5) is 2.56. The van der Waals surface area contributed by atoms with Gasteiger partial charge in [0, 0.05) is 42.2 Å². The summed E-state index contributed by atoms with van der Waals surface area (Å²) in [7, 11) is 0. The smallest absolute Gasteiger partial charge is 0.0543 e. The molecule has 3 unspecified atom stereocenters. The number of nitrogens with zero attached hydrogens (tertiary/aromatic N) is 1. The van der Waals surface area contributed by atoms with E-state index in [9.17, 15) is 0 Å². The number of anilines is 3. The minimum absolute atomic E-state index is 0.157. The molecule has 7 aromatic rings. The molecule has 0 saturated heterocycles. The molecule has 3 aliphatic rings. The minimum Gasteiger partial charge on any atom is -0.309 e. The molecule has 0 aliphatic heterocycles. The lowest BCUT2D eigenvalue weighted by atomic mass is 9.67. The van der Waals surface area contributed by atoms with Crippen molar-refractivity contribution >= 4 is 59.3 Å². The van der Waals surface area contributed by atoms with Crippen molar-refractivity contribution in [3.63, 3.8) is 0 Å². The van der Waals surface area contributed by atoms with Crippen LogP contribution in [0.3, 0.4) is 0 Å². The maximum absolute atomic E-state index is 2.56. The van der Waals surface area contributed by atoms with Crippen LogP contribution in [0.25, 0.3) is 42.1 Å². The predicted molar refractivity (Wildman–Crippen MR) is 183 cm³/mol. The van der Waals surface area contributed by atoms with E-state index in [0.29, 0.717) is 0 Å². The Bertz CT molecular complexity index is 2240. The van der Waals surface area contributed by atoms with Gasteiger partial charge in [0.1, 0.15) is 0 Å². The van der Waals surface area contributed by atoms with Crippen LogP contribution in [0.15, 0.2) is 127 Å². The predicted octanol–water partition coefficient (Wildman–Crippen LogP) is 11.8. The minimum atomic E-state index is 0.157. The maximum atomic E-state index is 2.56. The zero-order valence-electron chi connectivity index (χ0n) is 24.0. The van der Waals surface area contributed by atoms with Gasteiger partial charge in [0.25, 0.3) is 0 Å². The van der Waals surface area contributed by atoms with E-state index in [1.54, 1.807) is 11.1 Å². The largest absolute Gasteiger partial charge is 0.309 e. The lowest BCUT2D eigenvalue weighted by molar-refractivity contribution is 0.327. The molecule has 2 fully saturated rings. The number of benzene rings is 6. The van der Waals surface area contributed by atoms with Gasteiger partial charge in [-0.3, -0.25) is 0 Å². The van der Waals surface area contributed by atoms with Crippen LogP contribution < -0.4 is 4.90 Å². The summed E-state index contributed by atoms with van der Waals surface area (Å²) < 4.78 is 2.68. The summed E-state index contributed by atoms with van der Waals surface area (Å²) in [5, 5.41) is 5.23. The fraction of sp³-hybridized carbons (Fsp3) is 0.171. The van der Waals surface area contributed by atoms with Gasteiger partial charge < -0.3 is 4.90 Å². The highest BCUT2D eigenvalue weighted by molar-refractivity contribution is 7.25. The van der Waals surface area contributed by atoms with E-state index in [-0.39, 0.29) is 5.41 Å². The van der Waals surface area contributed by atoms with Crippen LogP contribution in [0.4, 0.5) is 17.1 Å². The normalized spacial score (nSPS) is 21.7. The first-order chi connectivity index (χ1) is 21.3. The van der Waals surface area contributed by atoms with E-state index in [4.69, 9.17) is 0 Å². The molecule has 0 amide bonds. The Morgan fingerprint density at radius 1 is 0.605 bits per heavy atom. The Morgan fingerprint density at radius 2 is 1.35 bits per heavy atom. The molecule has 10 rings (SSSR count).